The first-order valence-electron chi connectivity index (χ1n) is 6.42. The van der Waals surface area contributed by atoms with Crippen molar-refractivity contribution < 1.29 is 14.3 Å². The maximum Gasteiger partial charge on any atom is 0.253 e. The Balaban J connectivity index is 1.85. The minimum absolute atomic E-state index is 0.281. The second kappa shape index (κ2) is 6.82. The first-order valence-corrected chi connectivity index (χ1v) is 6.42. The number of carbonyl (C=O) groups is 1. The lowest BCUT2D eigenvalue weighted by molar-refractivity contribution is -0.129. The van der Waals surface area contributed by atoms with Crippen LogP contribution in [0.1, 0.15) is 17.2 Å². The summed E-state index contributed by atoms with van der Waals surface area (Å²) in [6.07, 6.45) is -0.809. The van der Waals surface area contributed by atoms with Gasteiger partial charge in [-0.05, 0) is 23.6 Å². The van der Waals surface area contributed by atoms with Gasteiger partial charge in [-0.2, -0.15) is 0 Å². The second-order valence-corrected chi connectivity index (χ2v) is 4.45. The van der Waals surface area contributed by atoms with E-state index in [0.29, 0.717) is 17.5 Å². The van der Waals surface area contributed by atoms with Crippen molar-refractivity contribution in [3.63, 3.8) is 0 Å². The van der Waals surface area contributed by atoms with Gasteiger partial charge in [0, 0.05) is 6.54 Å². The van der Waals surface area contributed by atoms with Crippen molar-refractivity contribution in [3.8, 4) is 0 Å². The molecule has 1 atom stereocenters. The number of hydrogen-bond donors (Lipinski definition) is 2. The monoisotopic (exact) mass is 273 g/mol. The summed E-state index contributed by atoms with van der Waals surface area (Å²) in [6, 6.07) is 15.1. The molecule has 0 bridgehead atoms. The van der Waals surface area contributed by atoms with E-state index in [-0.39, 0.29) is 12.4 Å². The largest absolute Gasteiger partial charge is 0.378 e. The normalized spacial score (nSPS) is 11.9. The van der Waals surface area contributed by atoms with Gasteiger partial charge >= 0.3 is 0 Å². The fourth-order valence-electron chi connectivity index (χ4n) is 1.90. The van der Waals surface area contributed by atoms with E-state index in [2.05, 4.69) is 5.32 Å². The summed E-state index contributed by atoms with van der Waals surface area (Å²) in [5.74, 6) is -0.766. The highest BCUT2D eigenvalue weighted by molar-refractivity contribution is 5.81. The van der Waals surface area contributed by atoms with Crippen LogP contribution in [-0.4, -0.2) is 17.6 Å². The van der Waals surface area contributed by atoms with Gasteiger partial charge in [0.05, 0.1) is 0 Å². The fourth-order valence-corrected chi connectivity index (χ4v) is 1.90. The number of aliphatic hydroxyl groups excluding tert-OH is 1. The van der Waals surface area contributed by atoms with E-state index in [1.165, 1.54) is 6.07 Å². The number of hydrogen-bond acceptors (Lipinski definition) is 2. The zero-order valence-electron chi connectivity index (χ0n) is 10.9. The predicted octanol–water partition coefficient (Wildman–Crippen LogP) is 2.22. The number of carbonyl (C=O) groups excluding carboxylic acids is 1. The highest BCUT2D eigenvalue weighted by atomic mass is 19.1. The molecule has 2 aromatic carbocycles. The van der Waals surface area contributed by atoms with Crippen LogP contribution in [0.3, 0.4) is 0 Å². The van der Waals surface area contributed by atoms with Gasteiger partial charge < -0.3 is 10.4 Å². The minimum atomic E-state index is -1.20. The molecule has 1 amide bonds. The summed E-state index contributed by atoms with van der Waals surface area (Å²) >= 11 is 0. The summed E-state index contributed by atoms with van der Waals surface area (Å²) in [5, 5.41) is 12.5. The topological polar surface area (TPSA) is 49.3 Å². The zero-order chi connectivity index (χ0) is 14.4. The molecular weight excluding hydrogens is 257 g/mol. The summed E-state index contributed by atoms with van der Waals surface area (Å²) in [7, 11) is 0. The summed E-state index contributed by atoms with van der Waals surface area (Å²) < 4.78 is 13.4. The third-order valence-electron chi connectivity index (χ3n) is 3.02. The quantitative estimate of drug-likeness (QED) is 0.877. The highest BCUT2D eigenvalue weighted by Gasteiger charge is 2.16. The lowest BCUT2D eigenvalue weighted by atomic mass is 10.1. The van der Waals surface area contributed by atoms with E-state index >= 15 is 0 Å². The molecule has 0 aliphatic heterocycles. The van der Waals surface area contributed by atoms with Crippen LogP contribution in [0.2, 0.25) is 0 Å². The predicted molar refractivity (Wildman–Crippen MR) is 74.5 cm³/mol. The average molecular weight is 273 g/mol. The zero-order valence-corrected chi connectivity index (χ0v) is 10.9. The molecule has 0 fully saturated rings. The minimum Gasteiger partial charge on any atom is -0.378 e. The molecule has 1 unspecified atom stereocenters. The first kappa shape index (κ1) is 14.2. The molecule has 0 aliphatic rings. The number of aliphatic hydroxyl groups is 1. The number of rotatable bonds is 5. The van der Waals surface area contributed by atoms with Crippen molar-refractivity contribution >= 4 is 5.91 Å². The van der Waals surface area contributed by atoms with Gasteiger partial charge in [-0.25, -0.2) is 4.39 Å². The molecule has 4 heteroatoms. The van der Waals surface area contributed by atoms with Crippen LogP contribution in [0.5, 0.6) is 0 Å². The van der Waals surface area contributed by atoms with Crippen LogP contribution < -0.4 is 5.32 Å². The molecule has 0 aliphatic carbocycles. The van der Waals surface area contributed by atoms with Gasteiger partial charge in [-0.15, -0.1) is 0 Å². The van der Waals surface area contributed by atoms with Gasteiger partial charge in [0.2, 0.25) is 0 Å². The molecule has 2 rings (SSSR count). The van der Waals surface area contributed by atoms with Crippen molar-refractivity contribution in [2.75, 3.05) is 6.54 Å². The number of benzene rings is 2. The van der Waals surface area contributed by atoms with Gasteiger partial charge in [0.15, 0.2) is 6.10 Å². The van der Waals surface area contributed by atoms with Gasteiger partial charge in [0.25, 0.3) is 5.91 Å². The number of halogens is 1. The number of nitrogens with one attached hydrogen (secondary N) is 1. The molecule has 20 heavy (non-hydrogen) atoms. The van der Waals surface area contributed by atoms with E-state index in [1.807, 2.05) is 6.07 Å². The van der Waals surface area contributed by atoms with E-state index in [4.69, 9.17) is 0 Å². The lowest BCUT2D eigenvalue weighted by Gasteiger charge is -2.11. The van der Waals surface area contributed by atoms with E-state index < -0.39 is 12.0 Å². The Morgan fingerprint density at radius 3 is 2.45 bits per heavy atom. The molecule has 0 radical (unpaired) electrons. The van der Waals surface area contributed by atoms with Gasteiger partial charge in [-0.1, -0.05) is 48.5 Å². The molecule has 0 saturated carbocycles. The fraction of sp³-hybridized carbons (Fsp3) is 0.188. The standard InChI is InChI=1S/C16H16FNO2/c17-14-9-5-4-6-12(14)10-11-18-16(20)15(19)13-7-2-1-3-8-13/h1-9,15,19H,10-11H2,(H,18,20). The highest BCUT2D eigenvalue weighted by Crippen LogP contribution is 2.12. The van der Waals surface area contributed by atoms with Crippen LogP contribution in [-0.2, 0) is 11.2 Å². The summed E-state index contributed by atoms with van der Waals surface area (Å²) in [5.41, 5.74) is 1.08. The Morgan fingerprint density at radius 2 is 1.75 bits per heavy atom. The number of amides is 1. The van der Waals surface area contributed by atoms with Crippen LogP contribution in [0.4, 0.5) is 4.39 Å². The van der Waals surface area contributed by atoms with Crippen LogP contribution in [0.15, 0.2) is 54.6 Å². The molecule has 2 N–H and O–H groups in total. The molecule has 0 heterocycles. The van der Waals surface area contributed by atoms with Gasteiger partial charge in [-0.3, -0.25) is 4.79 Å². The molecule has 3 nitrogen and oxygen atoms in total. The van der Waals surface area contributed by atoms with Crippen molar-refractivity contribution in [1.82, 2.24) is 5.32 Å². The SMILES string of the molecule is O=C(NCCc1ccccc1F)C(O)c1ccccc1. The maximum atomic E-state index is 13.4. The van der Waals surface area contributed by atoms with Gasteiger partial charge in [0.1, 0.15) is 5.82 Å². The third kappa shape index (κ3) is 3.65. The average Bonchev–Trinajstić information content (AvgIpc) is 2.49. The Bertz CT molecular complexity index is 572. The Labute approximate surface area is 117 Å². The third-order valence-corrected chi connectivity index (χ3v) is 3.02. The summed E-state index contributed by atoms with van der Waals surface area (Å²) in [4.78, 5) is 11.8. The van der Waals surface area contributed by atoms with Crippen LogP contribution in [0, 0.1) is 5.82 Å². The molecule has 0 saturated heterocycles. The molecule has 0 aromatic heterocycles. The van der Waals surface area contributed by atoms with Crippen molar-refractivity contribution in [2.45, 2.75) is 12.5 Å². The van der Waals surface area contributed by atoms with E-state index in [9.17, 15) is 14.3 Å². The molecule has 0 spiro atoms. The Morgan fingerprint density at radius 1 is 1.10 bits per heavy atom. The summed E-state index contributed by atoms with van der Waals surface area (Å²) in [6.45, 7) is 0.281. The Hall–Kier alpha value is -2.20. The molecule has 2 aromatic rings. The molecule has 104 valence electrons. The van der Waals surface area contributed by atoms with Crippen molar-refractivity contribution in [2.24, 2.45) is 0 Å². The maximum absolute atomic E-state index is 13.4. The van der Waals surface area contributed by atoms with Crippen molar-refractivity contribution in [3.05, 3.63) is 71.5 Å². The molecular formula is C16H16FNO2. The van der Waals surface area contributed by atoms with E-state index in [0.717, 1.165) is 0 Å². The second-order valence-electron chi connectivity index (χ2n) is 4.45. The van der Waals surface area contributed by atoms with Crippen molar-refractivity contribution in [1.29, 1.82) is 0 Å². The smallest absolute Gasteiger partial charge is 0.253 e. The van der Waals surface area contributed by atoms with Crippen LogP contribution >= 0.6 is 0 Å². The van der Waals surface area contributed by atoms with E-state index in [1.54, 1.807) is 42.5 Å². The lowest BCUT2D eigenvalue weighted by Crippen LogP contribution is -2.31. The van der Waals surface area contributed by atoms with Crippen LogP contribution in [0.25, 0.3) is 0 Å². The first-order chi connectivity index (χ1) is 9.68. The Kier molecular flexibility index (Phi) is 4.85.